The molecule has 30 unspecified atom stereocenters. The molecule has 550 valence electrons. The Bertz CT molecular complexity index is 2900. The van der Waals surface area contributed by atoms with Crippen LogP contribution in [0.1, 0.15) is 66.7 Å². The molecule has 5 aliphatic heterocycles. The Kier molecular flexibility index (Phi) is 29.0. The van der Waals surface area contributed by atoms with Crippen molar-refractivity contribution in [1.82, 2.24) is 0 Å². The summed E-state index contributed by atoms with van der Waals surface area (Å²) < 4.78 is 25.8. The van der Waals surface area contributed by atoms with Crippen LogP contribution in [-0.2, 0) is 118 Å². The number of fused-ring (bicyclic) bond motifs is 5. The normalized spacial score (nSPS) is 39.4. The Labute approximate surface area is 634 Å². The van der Waals surface area contributed by atoms with Crippen LogP contribution in [0.3, 0.4) is 0 Å². The molecule has 0 aromatic heterocycles. The van der Waals surface area contributed by atoms with E-state index in [4.69, 9.17) is 49.2 Å². The number of esters is 5. The van der Waals surface area contributed by atoms with Gasteiger partial charge in [-0.3, -0.25) is 24.0 Å². The Morgan fingerprint density at radius 3 is 0.495 bits per heavy atom. The van der Waals surface area contributed by atoms with Gasteiger partial charge in [-0.25, -0.2) is 24.0 Å². The minimum atomic E-state index is -1.11. The molecule has 0 radical (unpaired) electrons. The number of ether oxygens (including phenoxy) is 5. The van der Waals surface area contributed by atoms with Crippen molar-refractivity contribution in [3.05, 3.63) is 60.8 Å². The van der Waals surface area contributed by atoms with Gasteiger partial charge in [0, 0.05) is 117 Å². The van der Waals surface area contributed by atoms with Gasteiger partial charge >= 0.3 is 82.1 Å². The van der Waals surface area contributed by atoms with Crippen molar-refractivity contribution < 1.29 is 169 Å². The number of carbonyl (C=O) groups is 15. The standard InChI is InChI=1S/5C9H9BrO4.5C4H6O2.Nb/c5*10-6-2-1-3-5(4(2)8(11)12)9(13)14-7(3)6;5*1-3(2)4(5)6;/h5*2-7H,1H2,(H,11,12);5*1H2,2H3,(H,5,6);/q;;;;;;;;;;+5/p-5. The van der Waals surface area contributed by atoms with E-state index in [0.29, 0.717) is 0 Å². The van der Waals surface area contributed by atoms with Crippen molar-refractivity contribution in [2.45, 2.75) is 121 Å². The molecule has 10 bridgehead atoms. The van der Waals surface area contributed by atoms with Crippen molar-refractivity contribution in [3.8, 4) is 0 Å². The second kappa shape index (κ2) is 34.2. The van der Waals surface area contributed by atoms with E-state index in [2.05, 4.69) is 113 Å². The summed E-state index contributed by atoms with van der Waals surface area (Å²) >= 11 is 17.1. The van der Waals surface area contributed by atoms with Crippen LogP contribution in [0, 0.1) is 118 Å². The van der Waals surface area contributed by atoms with Gasteiger partial charge in [-0.1, -0.05) is 113 Å². The Morgan fingerprint density at radius 2 is 0.406 bits per heavy atom. The third kappa shape index (κ3) is 17.3. The zero-order valence-electron chi connectivity index (χ0n) is 54.2. The molecule has 5 N–H and O–H groups in total. The minimum Gasteiger partial charge on any atom is -0.550 e. The molecule has 0 aromatic carbocycles. The van der Waals surface area contributed by atoms with Crippen molar-refractivity contribution in [2.75, 3.05) is 0 Å². The van der Waals surface area contributed by atoms with Crippen LogP contribution < -0.4 is 25.5 Å². The van der Waals surface area contributed by atoms with E-state index in [1.165, 1.54) is 34.6 Å². The largest absolute Gasteiger partial charge is 5.00 e. The fourth-order valence-electron chi connectivity index (χ4n) is 16.5. The van der Waals surface area contributed by atoms with Gasteiger partial charge in [0.15, 0.2) is 0 Å². The van der Waals surface area contributed by atoms with E-state index in [-0.39, 0.29) is 194 Å². The molecule has 101 heavy (non-hydrogen) atoms. The molecule has 5 heterocycles. The van der Waals surface area contributed by atoms with Crippen LogP contribution in [0.25, 0.3) is 0 Å². The van der Waals surface area contributed by atoms with Gasteiger partial charge in [0.05, 0.1) is 53.7 Å². The molecule has 15 aliphatic rings. The first-order valence-corrected chi connectivity index (χ1v) is 35.6. The molecule has 30 atom stereocenters. The maximum Gasteiger partial charge on any atom is 5.00 e. The van der Waals surface area contributed by atoms with E-state index in [1.54, 1.807) is 0 Å². The molecule has 36 heteroatoms. The summed E-state index contributed by atoms with van der Waals surface area (Å²) in [5.41, 5.74) is 0.880. The fraction of sp³-hybridized carbons (Fsp3) is 0.615. The SMILES string of the molecule is C=C(C)C(=O)O.C=C(C)C(=O)O.C=C(C)C(=O)O.C=C(C)C(=O)O.C=C(C)C(=O)O.O=C([O-])C1C2CC3C(OC(=O)C31)C2Br.O=C([O-])C1C2CC3C(OC(=O)C31)C2Br.O=C([O-])C1C2CC3C(OC(=O)C31)C2Br.O=C([O-])C1C2CC3C(OC(=O)C31)C2Br.O=C([O-])C1C2CC3C(OC(=O)C31)C2Br.[Nb+5]. The van der Waals surface area contributed by atoms with Crippen LogP contribution in [0.2, 0.25) is 0 Å². The first-order valence-electron chi connectivity index (χ1n) is 31.0. The Morgan fingerprint density at radius 1 is 0.297 bits per heavy atom. The topological polar surface area (TPSA) is 519 Å². The zero-order valence-corrected chi connectivity index (χ0v) is 64.3. The fourth-order valence-corrected chi connectivity index (χ4v) is 21.7. The predicted octanol–water partition coefficient (Wildman–Crippen LogP) is -0.230. The van der Waals surface area contributed by atoms with Crippen LogP contribution >= 0.6 is 79.6 Å². The van der Waals surface area contributed by atoms with Crippen molar-refractivity contribution in [3.63, 3.8) is 0 Å². The maximum atomic E-state index is 11.4. The van der Waals surface area contributed by atoms with E-state index in [9.17, 15) is 97.5 Å². The van der Waals surface area contributed by atoms with Gasteiger partial charge in [0.1, 0.15) is 30.5 Å². The molecule has 10 aliphatic carbocycles. The van der Waals surface area contributed by atoms with E-state index < -0.39 is 119 Å². The number of carboxylic acids is 10. The Balaban J connectivity index is 0.000000207. The third-order valence-corrected chi connectivity index (χ3v) is 26.8. The average molecular weight is 1820 g/mol. The number of hydrogen-bond donors (Lipinski definition) is 5. The molecule has 0 amide bonds. The van der Waals surface area contributed by atoms with Crippen LogP contribution in [0.5, 0.6) is 0 Å². The average Bonchev–Trinajstić information content (AvgIpc) is 1.60. The molecule has 5 saturated heterocycles. The van der Waals surface area contributed by atoms with E-state index in [0.717, 1.165) is 32.1 Å². The van der Waals surface area contributed by atoms with Gasteiger partial charge in [0.2, 0.25) is 0 Å². The monoisotopic (exact) mass is 1820 g/mol. The minimum absolute atomic E-state index is 0. The molecule has 15 rings (SSSR count). The molecule has 15 fully saturated rings. The van der Waals surface area contributed by atoms with Crippen LogP contribution in [0.4, 0.5) is 0 Å². The molecule has 0 aromatic rings. The summed E-state index contributed by atoms with van der Waals surface area (Å²) in [5, 5.41) is 94.1. The smallest absolute Gasteiger partial charge is 0.550 e. The van der Waals surface area contributed by atoms with Gasteiger partial charge in [-0.05, 0) is 96.3 Å². The second-order valence-electron chi connectivity index (χ2n) is 26.8. The van der Waals surface area contributed by atoms with Gasteiger partial charge in [-0.2, -0.15) is 0 Å². The number of carbonyl (C=O) groups excluding carboxylic acids is 10. The van der Waals surface area contributed by atoms with E-state index >= 15 is 0 Å². The first-order chi connectivity index (χ1) is 46.3. The van der Waals surface area contributed by atoms with Crippen molar-refractivity contribution in [1.29, 1.82) is 0 Å². The summed E-state index contributed by atoms with van der Waals surface area (Å²) in [6, 6.07) is 0. The number of alkyl halides is 5. The number of hydrogen-bond acceptors (Lipinski definition) is 25. The quantitative estimate of drug-likeness (QED) is 0.0620. The first kappa shape index (κ1) is 85.5. The number of halogens is 5. The van der Waals surface area contributed by atoms with Crippen LogP contribution in [0.15, 0.2) is 60.8 Å². The number of rotatable bonds is 10. The second-order valence-corrected chi connectivity index (χ2v) is 32.1. The third-order valence-electron chi connectivity index (χ3n) is 20.8. The maximum absolute atomic E-state index is 11.4. The molecule has 30 nitrogen and oxygen atoms in total. The Hall–Kier alpha value is -6.11. The van der Waals surface area contributed by atoms with Crippen molar-refractivity contribution >= 4 is 169 Å². The summed E-state index contributed by atoms with van der Waals surface area (Å²) in [6.07, 6.45) is 3.35. The predicted molar refractivity (Wildman–Crippen MR) is 343 cm³/mol. The van der Waals surface area contributed by atoms with Gasteiger partial charge in [0.25, 0.3) is 0 Å². The van der Waals surface area contributed by atoms with Gasteiger partial charge in [-0.15, -0.1) is 0 Å². The molecular formula is C65H70Br5NbO30. The number of carboxylic acid groups (broad SMARTS) is 10. The van der Waals surface area contributed by atoms with Crippen molar-refractivity contribution in [2.24, 2.45) is 118 Å². The number of aliphatic carboxylic acids is 10. The van der Waals surface area contributed by atoms with Crippen LogP contribution in [-0.4, -0.2) is 170 Å². The zero-order chi connectivity index (χ0) is 75.9. The summed E-state index contributed by atoms with van der Waals surface area (Å²) in [6.45, 7) is 23.0. The van der Waals surface area contributed by atoms with E-state index in [1.807, 2.05) is 0 Å². The molecular weight excluding hydrogens is 1750 g/mol. The summed E-state index contributed by atoms with van der Waals surface area (Å²) in [5.74, 6) is -16.9. The summed E-state index contributed by atoms with van der Waals surface area (Å²) in [4.78, 5) is 160. The molecule has 10 saturated carbocycles. The van der Waals surface area contributed by atoms with Gasteiger partial charge < -0.3 is 98.7 Å². The summed E-state index contributed by atoms with van der Waals surface area (Å²) in [7, 11) is 0. The molecule has 0 spiro atoms.